The first-order chi connectivity index (χ1) is 11.0. The molecular formula is C15H12N4O3S. The SMILES string of the molecule is N#Cc1c[nH]c2c(-c3nc(C4CC4)oc3S(N)(=O)=O)cccc12. The van der Waals surface area contributed by atoms with Crippen molar-refractivity contribution in [1.82, 2.24) is 9.97 Å². The van der Waals surface area contributed by atoms with E-state index in [4.69, 9.17) is 14.8 Å². The van der Waals surface area contributed by atoms with Crippen molar-refractivity contribution in [2.45, 2.75) is 23.9 Å². The van der Waals surface area contributed by atoms with Gasteiger partial charge in [0, 0.05) is 23.1 Å². The maximum absolute atomic E-state index is 11.9. The van der Waals surface area contributed by atoms with Crippen LogP contribution in [0, 0.1) is 11.3 Å². The van der Waals surface area contributed by atoms with Crippen LogP contribution >= 0.6 is 0 Å². The molecular weight excluding hydrogens is 316 g/mol. The number of hydrogen-bond donors (Lipinski definition) is 2. The van der Waals surface area contributed by atoms with Crippen molar-refractivity contribution in [3.8, 4) is 17.3 Å². The smallest absolute Gasteiger partial charge is 0.273 e. The molecule has 1 aromatic carbocycles. The fraction of sp³-hybridized carbons (Fsp3) is 0.200. The van der Waals surface area contributed by atoms with Crippen LogP contribution in [0.1, 0.15) is 30.2 Å². The molecule has 8 heteroatoms. The molecule has 2 aromatic heterocycles. The van der Waals surface area contributed by atoms with Gasteiger partial charge >= 0.3 is 0 Å². The standard InChI is InChI=1S/C15H12N4O3S/c16-6-9-7-18-12-10(9)2-1-3-11(12)13-15(23(17,20)21)22-14(19-13)8-4-5-8/h1-3,7-8,18H,4-5H2,(H2,17,20,21). The van der Waals surface area contributed by atoms with Crippen molar-refractivity contribution in [2.75, 3.05) is 0 Å². The number of sulfonamides is 1. The summed E-state index contributed by atoms with van der Waals surface area (Å²) in [5.41, 5.74) is 1.84. The van der Waals surface area contributed by atoms with Gasteiger partial charge in [-0.15, -0.1) is 0 Å². The lowest BCUT2D eigenvalue weighted by Crippen LogP contribution is -2.12. The Morgan fingerprint density at radius 2 is 2.17 bits per heavy atom. The van der Waals surface area contributed by atoms with Crippen LogP contribution in [0.3, 0.4) is 0 Å². The number of para-hydroxylation sites is 1. The van der Waals surface area contributed by atoms with E-state index in [1.54, 1.807) is 24.4 Å². The minimum absolute atomic E-state index is 0.154. The van der Waals surface area contributed by atoms with E-state index in [1.807, 2.05) is 0 Å². The topological polar surface area (TPSA) is 126 Å². The fourth-order valence-corrected chi connectivity index (χ4v) is 3.26. The summed E-state index contributed by atoms with van der Waals surface area (Å²) in [5, 5.41) is 14.8. The summed E-state index contributed by atoms with van der Waals surface area (Å²) in [6, 6.07) is 7.34. The van der Waals surface area contributed by atoms with Gasteiger partial charge in [-0.05, 0) is 12.8 Å². The Morgan fingerprint density at radius 3 is 2.83 bits per heavy atom. The van der Waals surface area contributed by atoms with Crippen molar-refractivity contribution < 1.29 is 12.8 Å². The van der Waals surface area contributed by atoms with Crippen LogP contribution in [0.5, 0.6) is 0 Å². The zero-order valence-corrected chi connectivity index (χ0v) is 12.7. The van der Waals surface area contributed by atoms with E-state index in [2.05, 4.69) is 16.0 Å². The van der Waals surface area contributed by atoms with Crippen LogP contribution in [0.15, 0.2) is 33.9 Å². The number of H-pyrrole nitrogens is 1. The lowest BCUT2D eigenvalue weighted by Gasteiger charge is -2.01. The molecule has 3 aromatic rings. The first kappa shape index (κ1) is 14.0. The highest BCUT2D eigenvalue weighted by Gasteiger charge is 2.33. The Kier molecular flexibility index (Phi) is 2.85. The van der Waals surface area contributed by atoms with E-state index in [9.17, 15) is 8.42 Å². The normalized spacial score (nSPS) is 15.0. The highest BCUT2D eigenvalue weighted by molar-refractivity contribution is 7.89. The molecule has 0 atom stereocenters. The second-order valence-corrected chi connectivity index (χ2v) is 7.01. The second-order valence-electron chi connectivity index (χ2n) is 5.55. The number of oxazole rings is 1. The number of nitrogens with two attached hydrogens (primary N) is 1. The molecule has 4 rings (SSSR count). The zero-order chi connectivity index (χ0) is 16.2. The molecule has 116 valence electrons. The van der Waals surface area contributed by atoms with Gasteiger partial charge in [-0.3, -0.25) is 0 Å². The van der Waals surface area contributed by atoms with Crippen molar-refractivity contribution in [2.24, 2.45) is 5.14 Å². The summed E-state index contributed by atoms with van der Waals surface area (Å²) in [4.78, 5) is 7.36. The van der Waals surface area contributed by atoms with Gasteiger partial charge in [0.2, 0.25) is 0 Å². The van der Waals surface area contributed by atoms with Crippen molar-refractivity contribution in [3.05, 3.63) is 35.9 Å². The van der Waals surface area contributed by atoms with E-state index in [-0.39, 0.29) is 16.7 Å². The third kappa shape index (κ3) is 2.21. The van der Waals surface area contributed by atoms with Crippen molar-refractivity contribution in [3.63, 3.8) is 0 Å². The maximum atomic E-state index is 11.9. The highest BCUT2D eigenvalue weighted by atomic mass is 32.2. The molecule has 1 saturated carbocycles. The molecule has 0 saturated heterocycles. The Hall–Kier alpha value is -2.63. The highest BCUT2D eigenvalue weighted by Crippen LogP contribution is 2.43. The minimum Gasteiger partial charge on any atom is -0.427 e. The molecule has 0 radical (unpaired) electrons. The largest absolute Gasteiger partial charge is 0.427 e. The number of primary sulfonamides is 1. The van der Waals surface area contributed by atoms with Gasteiger partial charge in [0.05, 0.1) is 11.1 Å². The van der Waals surface area contributed by atoms with Crippen LogP contribution in [0.2, 0.25) is 0 Å². The maximum Gasteiger partial charge on any atom is 0.273 e. The third-order valence-electron chi connectivity index (χ3n) is 3.89. The molecule has 0 amide bonds. The van der Waals surface area contributed by atoms with E-state index in [0.29, 0.717) is 27.9 Å². The zero-order valence-electron chi connectivity index (χ0n) is 11.9. The number of benzene rings is 1. The summed E-state index contributed by atoms with van der Waals surface area (Å²) in [6.45, 7) is 0. The Morgan fingerprint density at radius 1 is 1.39 bits per heavy atom. The summed E-state index contributed by atoms with van der Waals surface area (Å²) in [6.07, 6.45) is 3.43. The van der Waals surface area contributed by atoms with Crippen LogP contribution in [-0.2, 0) is 10.0 Å². The van der Waals surface area contributed by atoms with Crippen LogP contribution in [0.25, 0.3) is 22.2 Å². The second kappa shape index (κ2) is 4.68. The number of hydrogen-bond acceptors (Lipinski definition) is 5. The summed E-state index contributed by atoms with van der Waals surface area (Å²) < 4.78 is 29.2. The molecule has 3 N–H and O–H groups in total. The van der Waals surface area contributed by atoms with Crippen LogP contribution < -0.4 is 5.14 Å². The predicted molar refractivity (Wildman–Crippen MR) is 81.9 cm³/mol. The van der Waals surface area contributed by atoms with Gasteiger partial charge in [-0.25, -0.2) is 18.5 Å². The summed E-state index contributed by atoms with van der Waals surface area (Å²) in [7, 11) is -4.04. The lowest BCUT2D eigenvalue weighted by molar-refractivity contribution is 0.410. The average molecular weight is 328 g/mol. The van der Waals surface area contributed by atoms with Gasteiger partial charge in [-0.1, -0.05) is 18.2 Å². The Balaban J connectivity index is 2.01. The number of nitriles is 1. The summed E-state index contributed by atoms with van der Waals surface area (Å²) in [5.74, 6) is 0.551. The van der Waals surface area contributed by atoms with E-state index in [1.165, 1.54) is 0 Å². The third-order valence-corrected chi connectivity index (χ3v) is 4.68. The van der Waals surface area contributed by atoms with Gasteiger partial charge in [-0.2, -0.15) is 5.26 Å². The van der Waals surface area contributed by atoms with E-state index in [0.717, 1.165) is 12.8 Å². The van der Waals surface area contributed by atoms with Gasteiger partial charge in [0.15, 0.2) is 5.89 Å². The predicted octanol–water partition coefficient (Wildman–Crippen LogP) is 2.22. The van der Waals surface area contributed by atoms with Gasteiger partial charge < -0.3 is 9.40 Å². The molecule has 0 bridgehead atoms. The van der Waals surface area contributed by atoms with Gasteiger partial charge in [0.1, 0.15) is 11.8 Å². The van der Waals surface area contributed by atoms with E-state index < -0.39 is 10.0 Å². The average Bonchev–Trinajstić information content (AvgIpc) is 3.12. The first-order valence-corrected chi connectivity index (χ1v) is 8.58. The number of rotatable bonds is 3. The van der Waals surface area contributed by atoms with Gasteiger partial charge in [0.25, 0.3) is 15.1 Å². The molecule has 7 nitrogen and oxygen atoms in total. The molecule has 23 heavy (non-hydrogen) atoms. The molecule has 0 spiro atoms. The summed E-state index contributed by atoms with van der Waals surface area (Å²) >= 11 is 0. The molecule has 1 aliphatic carbocycles. The number of aromatic nitrogens is 2. The molecule has 1 aliphatic rings. The Labute approximate surface area is 131 Å². The number of nitrogens with zero attached hydrogens (tertiary/aromatic N) is 2. The molecule has 1 fully saturated rings. The fourth-order valence-electron chi connectivity index (χ4n) is 2.63. The van der Waals surface area contributed by atoms with Crippen molar-refractivity contribution >= 4 is 20.9 Å². The molecule has 0 unspecified atom stereocenters. The van der Waals surface area contributed by atoms with Crippen LogP contribution in [0.4, 0.5) is 0 Å². The van der Waals surface area contributed by atoms with E-state index >= 15 is 0 Å². The molecule has 0 aliphatic heterocycles. The van der Waals surface area contributed by atoms with Crippen LogP contribution in [-0.4, -0.2) is 18.4 Å². The first-order valence-electron chi connectivity index (χ1n) is 7.03. The number of nitrogens with one attached hydrogen (secondary N) is 1. The minimum atomic E-state index is -4.04. The number of fused-ring (bicyclic) bond motifs is 1. The molecule has 2 heterocycles. The quantitative estimate of drug-likeness (QED) is 0.762. The lowest BCUT2D eigenvalue weighted by atomic mass is 10.1. The van der Waals surface area contributed by atoms with Crippen molar-refractivity contribution in [1.29, 1.82) is 5.26 Å². The Bertz CT molecular complexity index is 1070. The number of aromatic amines is 1. The monoisotopic (exact) mass is 328 g/mol.